The number of nitrogens with one attached hydrogen (secondary N) is 1. The Balaban J connectivity index is 1.10. The fraction of sp³-hybridized carbons (Fsp3) is 0.423. The van der Waals surface area contributed by atoms with Crippen LogP contribution in [0, 0.1) is 0 Å². The Labute approximate surface area is 216 Å². The highest BCUT2D eigenvalue weighted by Gasteiger charge is 2.29. The first-order valence-corrected chi connectivity index (χ1v) is 13.2. The maximum atomic E-state index is 6.51. The molecule has 0 radical (unpaired) electrons. The molecule has 0 spiro atoms. The lowest BCUT2D eigenvalue weighted by molar-refractivity contribution is 0.0938. The Hall–Kier alpha value is -2.76. The summed E-state index contributed by atoms with van der Waals surface area (Å²) < 4.78 is 11.1. The Bertz CT molecular complexity index is 1100. The molecule has 0 aliphatic carbocycles. The van der Waals surface area contributed by atoms with Gasteiger partial charge in [-0.15, -0.1) is 0 Å². The fourth-order valence-electron chi connectivity index (χ4n) is 4.36. The maximum Gasteiger partial charge on any atom is 0.316 e. The van der Waals surface area contributed by atoms with Crippen molar-refractivity contribution in [2.75, 3.05) is 51.8 Å². The quantitative estimate of drug-likeness (QED) is 0.426. The van der Waals surface area contributed by atoms with Gasteiger partial charge in [-0.2, -0.15) is 4.98 Å². The van der Waals surface area contributed by atoms with Crippen molar-refractivity contribution < 1.29 is 9.47 Å². The number of fused-ring (bicyclic) bond motifs is 1. The lowest BCUT2D eigenvalue weighted by Gasteiger charge is -2.34. The predicted molar refractivity (Wildman–Crippen MR) is 141 cm³/mol. The van der Waals surface area contributed by atoms with Crippen LogP contribution < -0.4 is 15.8 Å². The largest absolute Gasteiger partial charge is 0.459 e. The van der Waals surface area contributed by atoms with Gasteiger partial charge in [-0.3, -0.25) is 9.80 Å². The number of piperazine rings is 1. The molecule has 3 aromatic rings. The van der Waals surface area contributed by atoms with Crippen molar-refractivity contribution in [1.82, 2.24) is 24.8 Å². The van der Waals surface area contributed by atoms with Gasteiger partial charge in [-0.25, -0.2) is 9.97 Å². The second-order valence-electron chi connectivity index (χ2n) is 9.04. The number of hydrogen-bond donors (Lipinski definition) is 2. The minimum Gasteiger partial charge on any atom is -0.459 e. The van der Waals surface area contributed by atoms with Gasteiger partial charge in [0.05, 0.1) is 29.4 Å². The standard InChI is InChI=1S/C26H33N7O2S/c1-34-16-15-32-11-13-33(14-12-32)17-19-4-6-20(7-5-19)18-35-26-29-10-8-21(31-26)23(27)25-30-22-3-2-9-28-24(22)36-25/h2-10,23,25,30H,11-18,27H2,1H3. The van der Waals surface area contributed by atoms with Crippen molar-refractivity contribution in [1.29, 1.82) is 0 Å². The van der Waals surface area contributed by atoms with E-state index in [0.29, 0.717) is 12.6 Å². The van der Waals surface area contributed by atoms with E-state index < -0.39 is 0 Å². The fourth-order valence-corrected chi connectivity index (χ4v) is 5.45. The summed E-state index contributed by atoms with van der Waals surface area (Å²) in [5.41, 5.74) is 10.6. The number of thioether (sulfide) groups is 1. The molecule has 3 N–H and O–H groups in total. The zero-order chi connectivity index (χ0) is 24.7. The molecule has 2 aliphatic rings. The lowest BCUT2D eigenvalue weighted by Crippen LogP contribution is -2.46. The van der Waals surface area contributed by atoms with Crippen LogP contribution in [0.1, 0.15) is 22.9 Å². The number of nitrogens with zero attached hydrogens (tertiary/aromatic N) is 5. The number of benzene rings is 1. The van der Waals surface area contributed by atoms with Crippen molar-refractivity contribution in [2.24, 2.45) is 5.73 Å². The van der Waals surface area contributed by atoms with Crippen molar-refractivity contribution >= 4 is 17.4 Å². The van der Waals surface area contributed by atoms with Gasteiger partial charge >= 0.3 is 6.01 Å². The molecule has 1 aromatic carbocycles. The summed E-state index contributed by atoms with van der Waals surface area (Å²) in [7, 11) is 1.76. The van der Waals surface area contributed by atoms with Crippen molar-refractivity contribution in [3.05, 3.63) is 71.7 Å². The smallest absolute Gasteiger partial charge is 0.316 e. The normalized spacial score (nSPS) is 19.0. The molecule has 2 unspecified atom stereocenters. The Kier molecular flexibility index (Phi) is 8.29. The summed E-state index contributed by atoms with van der Waals surface area (Å²) in [4.78, 5) is 18.2. The van der Waals surface area contributed by atoms with E-state index in [2.05, 4.69) is 54.3 Å². The minimum atomic E-state index is -0.323. The van der Waals surface area contributed by atoms with Gasteiger partial charge in [0.25, 0.3) is 0 Å². The van der Waals surface area contributed by atoms with E-state index in [0.717, 1.165) is 67.8 Å². The number of hydrogen-bond acceptors (Lipinski definition) is 10. The van der Waals surface area contributed by atoms with Gasteiger partial charge in [0, 0.05) is 58.8 Å². The third-order valence-corrected chi connectivity index (χ3v) is 7.72. The summed E-state index contributed by atoms with van der Waals surface area (Å²) in [6.07, 6.45) is 3.48. The van der Waals surface area contributed by atoms with Gasteiger partial charge in [0.15, 0.2) is 0 Å². The van der Waals surface area contributed by atoms with Crippen LogP contribution in [0.5, 0.6) is 6.01 Å². The van der Waals surface area contributed by atoms with E-state index in [1.54, 1.807) is 31.3 Å². The first kappa shape index (κ1) is 24.9. The van der Waals surface area contributed by atoms with Crippen LogP contribution in [-0.4, -0.2) is 76.6 Å². The molecule has 1 fully saturated rings. The molecule has 10 heteroatoms. The number of ether oxygens (including phenoxy) is 2. The molecule has 0 bridgehead atoms. The van der Waals surface area contributed by atoms with Crippen LogP contribution >= 0.6 is 11.8 Å². The third kappa shape index (κ3) is 6.32. The van der Waals surface area contributed by atoms with E-state index >= 15 is 0 Å². The summed E-state index contributed by atoms with van der Waals surface area (Å²) in [6, 6.07) is 14.3. The Morgan fingerprint density at radius 3 is 2.58 bits per heavy atom. The molecule has 2 atom stereocenters. The lowest BCUT2D eigenvalue weighted by atomic mass is 10.1. The van der Waals surface area contributed by atoms with E-state index in [1.165, 1.54) is 5.56 Å². The van der Waals surface area contributed by atoms with E-state index in [1.807, 2.05) is 18.2 Å². The second kappa shape index (κ2) is 12.0. The summed E-state index contributed by atoms with van der Waals surface area (Å²) >= 11 is 1.61. The molecular weight excluding hydrogens is 474 g/mol. The van der Waals surface area contributed by atoms with E-state index in [-0.39, 0.29) is 11.4 Å². The molecule has 0 saturated carbocycles. The SMILES string of the molecule is COCCN1CCN(Cc2ccc(COc3nccc(C(N)C4Nc5cccnc5S4)n3)cc2)CC1. The molecule has 1 saturated heterocycles. The summed E-state index contributed by atoms with van der Waals surface area (Å²) in [5, 5.41) is 4.33. The number of nitrogens with two attached hydrogens (primary N) is 1. The average Bonchev–Trinajstić information content (AvgIpc) is 3.36. The molecule has 9 nitrogen and oxygen atoms in total. The zero-order valence-electron chi connectivity index (χ0n) is 20.5. The number of pyridine rings is 1. The van der Waals surface area contributed by atoms with Crippen LogP contribution in [-0.2, 0) is 17.9 Å². The molecule has 2 aromatic heterocycles. The average molecular weight is 508 g/mol. The van der Waals surface area contributed by atoms with E-state index in [9.17, 15) is 0 Å². The van der Waals surface area contributed by atoms with Crippen molar-refractivity contribution in [3.8, 4) is 6.01 Å². The maximum absolute atomic E-state index is 6.51. The zero-order valence-corrected chi connectivity index (χ0v) is 21.4. The molecule has 190 valence electrons. The molecular formula is C26H33N7O2S. The molecule has 0 amide bonds. The number of rotatable bonds is 10. The van der Waals surface area contributed by atoms with Gasteiger partial charge in [0.1, 0.15) is 11.6 Å². The third-order valence-electron chi connectivity index (χ3n) is 6.50. The Morgan fingerprint density at radius 2 is 1.81 bits per heavy atom. The van der Waals surface area contributed by atoms with Gasteiger partial charge in [-0.05, 0) is 29.3 Å². The van der Waals surface area contributed by atoms with Crippen LogP contribution in [0.15, 0.2) is 59.9 Å². The second-order valence-corrected chi connectivity index (χ2v) is 10.2. The van der Waals surface area contributed by atoms with Crippen molar-refractivity contribution in [2.45, 2.75) is 29.6 Å². The van der Waals surface area contributed by atoms with Crippen LogP contribution in [0.3, 0.4) is 0 Å². The topological polar surface area (TPSA) is 102 Å². The van der Waals surface area contributed by atoms with Crippen LogP contribution in [0.4, 0.5) is 5.69 Å². The first-order valence-electron chi connectivity index (χ1n) is 12.3. The van der Waals surface area contributed by atoms with Crippen LogP contribution in [0.25, 0.3) is 0 Å². The van der Waals surface area contributed by atoms with Crippen LogP contribution in [0.2, 0.25) is 0 Å². The number of aromatic nitrogens is 3. The summed E-state index contributed by atoms with van der Waals surface area (Å²) in [5.74, 6) is 0. The number of methoxy groups -OCH3 is 1. The highest BCUT2D eigenvalue weighted by Crippen LogP contribution is 2.40. The molecule has 36 heavy (non-hydrogen) atoms. The minimum absolute atomic E-state index is 0.0430. The van der Waals surface area contributed by atoms with E-state index in [4.69, 9.17) is 15.2 Å². The molecule has 5 rings (SSSR count). The van der Waals surface area contributed by atoms with Gasteiger partial charge in [-0.1, -0.05) is 36.0 Å². The Morgan fingerprint density at radius 1 is 1.03 bits per heavy atom. The van der Waals surface area contributed by atoms with Crippen molar-refractivity contribution in [3.63, 3.8) is 0 Å². The highest BCUT2D eigenvalue weighted by atomic mass is 32.2. The monoisotopic (exact) mass is 507 g/mol. The highest BCUT2D eigenvalue weighted by molar-refractivity contribution is 8.00. The van der Waals surface area contributed by atoms with Gasteiger partial charge < -0.3 is 20.5 Å². The predicted octanol–water partition coefficient (Wildman–Crippen LogP) is 2.76. The number of anilines is 1. The first-order chi connectivity index (χ1) is 17.7. The molecule has 2 aliphatic heterocycles. The molecule has 4 heterocycles. The summed E-state index contributed by atoms with van der Waals surface area (Å²) in [6.45, 7) is 7.55. The van der Waals surface area contributed by atoms with Gasteiger partial charge in [0.2, 0.25) is 0 Å².